The van der Waals surface area contributed by atoms with E-state index >= 15 is 0 Å². The molecule has 0 heterocycles. The molecule has 11 heavy (non-hydrogen) atoms. The van der Waals surface area contributed by atoms with Crippen LogP contribution in [0.2, 0.25) is 0 Å². The molecular weight excluding hydrogens is 142 g/mol. The van der Waals surface area contributed by atoms with Crippen molar-refractivity contribution in [3.63, 3.8) is 0 Å². The van der Waals surface area contributed by atoms with E-state index in [0.717, 1.165) is 0 Å². The molecule has 0 saturated heterocycles. The van der Waals surface area contributed by atoms with Crippen LogP contribution in [0.5, 0.6) is 0 Å². The molecule has 1 atom stereocenters. The molecule has 2 N–H and O–H groups in total. The third kappa shape index (κ3) is 4.56. The topological polar surface area (TPSA) is 49.3 Å². The summed E-state index contributed by atoms with van der Waals surface area (Å²) in [7, 11) is 0. The van der Waals surface area contributed by atoms with Gasteiger partial charge in [-0.2, -0.15) is 0 Å². The molecule has 0 aromatic carbocycles. The lowest BCUT2D eigenvalue weighted by atomic mass is 10.1. The Kier molecular flexibility index (Phi) is 4.54. The van der Waals surface area contributed by atoms with E-state index in [-0.39, 0.29) is 12.3 Å². The second-order valence-electron chi connectivity index (χ2n) is 2.52. The fourth-order valence-electron chi connectivity index (χ4n) is 0.619. The van der Waals surface area contributed by atoms with E-state index in [9.17, 15) is 4.79 Å². The van der Waals surface area contributed by atoms with Gasteiger partial charge in [-0.05, 0) is 13.8 Å². The molecule has 0 fully saturated rings. The summed E-state index contributed by atoms with van der Waals surface area (Å²) in [5.74, 6) is -0.136. The third-order valence-corrected chi connectivity index (χ3v) is 1.32. The number of amides is 1. The van der Waals surface area contributed by atoms with Gasteiger partial charge >= 0.3 is 0 Å². The smallest absolute Gasteiger partial charge is 0.222 e. The van der Waals surface area contributed by atoms with Gasteiger partial charge in [0, 0.05) is 6.54 Å². The van der Waals surface area contributed by atoms with Gasteiger partial charge in [0.25, 0.3) is 0 Å². The molecule has 0 aliphatic rings. The van der Waals surface area contributed by atoms with Crippen LogP contribution in [0.25, 0.3) is 0 Å². The van der Waals surface area contributed by atoms with Crippen LogP contribution in [0.4, 0.5) is 0 Å². The number of aliphatic hydroxyl groups is 1. The van der Waals surface area contributed by atoms with Crippen molar-refractivity contribution >= 4 is 5.91 Å². The van der Waals surface area contributed by atoms with Gasteiger partial charge in [0.05, 0.1) is 12.5 Å². The first-order valence-corrected chi connectivity index (χ1v) is 3.68. The van der Waals surface area contributed by atoms with E-state index in [2.05, 4.69) is 11.9 Å². The fourth-order valence-corrected chi connectivity index (χ4v) is 0.619. The summed E-state index contributed by atoms with van der Waals surface area (Å²) in [6, 6.07) is 0. The lowest BCUT2D eigenvalue weighted by molar-refractivity contribution is -0.122. The number of rotatable bonds is 4. The normalized spacial score (nSPS) is 12.3. The molecule has 0 aromatic heterocycles. The lowest BCUT2D eigenvalue weighted by Gasteiger charge is -2.08. The molecule has 1 unspecified atom stereocenters. The number of aliphatic hydroxyl groups excluding tert-OH is 1. The summed E-state index contributed by atoms with van der Waals surface area (Å²) in [6.07, 6.45) is -0.593. The van der Waals surface area contributed by atoms with Crippen molar-refractivity contribution in [1.29, 1.82) is 0 Å². The van der Waals surface area contributed by atoms with Gasteiger partial charge in [0.15, 0.2) is 0 Å². The highest BCUT2D eigenvalue weighted by molar-refractivity contribution is 5.76. The van der Waals surface area contributed by atoms with Gasteiger partial charge in [0.1, 0.15) is 0 Å². The van der Waals surface area contributed by atoms with Crippen LogP contribution in [0.3, 0.4) is 0 Å². The number of hydrogen-bond acceptors (Lipinski definition) is 2. The zero-order valence-corrected chi connectivity index (χ0v) is 7.05. The van der Waals surface area contributed by atoms with Crippen LogP contribution in [-0.2, 0) is 4.79 Å². The average Bonchev–Trinajstić information content (AvgIpc) is 1.87. The minimum absolute atomic E-state index is 0.114. The Morgan fingerprint density at radius 2 is 2.27 bits per heavy atom. The maximum absolute atomic E-state index is 10.8. The minimum atomic E-state index is -0.707. The maximum Gasteiger partial charge on any atom is 0.222 e. The number of nitrogens with one attached hydrogen (secondary N) is 1. The summed E-state index contributed by atoms with van der Waals surface area (Å²) in [5, 5.41) is 11.8. The summed E-state index contributed by atoms with van der Waals surface area (Å²) >= 11 is 0. The molecule has 64 valence electrons. The van der Waals surface area contributed by atoms with Crippen LogP contribution in [0, 0.1) is 0 Å². The standard InChI is InChI=1S/C8H15NO2/c1-4-9-8(11)5-7(10)6(2)3/h7,10H,2,4-5H2,1,3H3,(H,9,11). The predicted molar refractivity (Wildman–Crippen MR) is 44.1 cm³/mol. The maximum atomic E-state index is 10.8. The minimum Gasteiger partial charge on any atom is -0.388 e. The van der Waals surface area contributed by atoms with Crippen LogP contribution >= 0.6 is 0 Å². The van der Waals surface area contributed by atoms with E-state index in [1.807, 2.05) is 6.92 Å². The van der Waals surface area contributed by atoms with Crippen LogP contribution in [0.1, 0.15) is 20.3 Å². The molecule has 0 aromatic rings. The van der Waals surface area contributed by atoms with Crippen molar-refractivity contribution in [1.82, 2.24) is 5.32 Å². The Hall–Kier alpha value is -0.830. The third-order valence-electron chi connectivity index (χ3n) is 1.32. The summed E-state index contributed by atoms with van der Waals surface area (Å²) in [6.45, 7) is 7.67. The summed E-state index contributed by atoms with van der Waals surface area (Å²) in [4.78, 5) is 10.8. The van der Waals surface area contributed by atoms with Crippen LogP contribution in [0.15, 0.2) is 12.2 Å². The quantitative estimate of drug-likeness (QED) is 0.582. The largest absolute Gasteiger partial charge is 0.388 e. The first-order chi connectivity index (χ1) is 5.07. The van der Waals surface area contributed by atoms with Gasteiger partial charge in [-0.1, -0.05) is 12.2 Å². The van der Waals surface area contributed by atoms with Gasteiger partial charge < -0.3 is 10.4 Å². The molecular formula is C8H15NO2. The first kappa shape index (κ1) is 10.2. The molecule has 0 saturated carbocycles. The van der Waals surface area contributed by atoms with Gasteiger partial charge in [-0.15, -0.1) is 0 Å². The Morgan fingerprint density at radius 1 is 1.73 bits per heavy atom. The van der Waals surface area contributed by atoms with Crippen molar-refractivity contribution in [3.05, 3.63) is 12.2 Å². The zero-order valence-electron chi connectivity index (χ0n) is 7.05. The Labute approximate surface area is 67.1 Å². The molecule has 0 radical (unpaired) electrons. The fraction of sp³-hybridized carbons (Fsp3) is 0.625. The predicted octanol–water partition coefficient (Wildman–Crippen LogP) is 0.450. The van der Waals surface area contributed by atoms with Gasteiger partial charge in [-0.3, -0.25) is 4.79 Å². The summed E-state index contributed by atoms with van der Waals surface area (Å²) < 4.78 is 0. The van der Waals surface area contributed by atoms with Crippen molar-refractivity contribution in [2.45, 2.75) is 26.4 Å². The zero-order chi connectivity index (χ0) is 8.85. The highest BCUT2D eigenvalue weighted by Crippen LogP contribution is 2.01. The van der Waals surface area contributed by atoms with Gasteiger partial charge in [-0.25, -0.2) is 0 Å². The Balaban J connectivity index is 3.66. The molecule has 0 rings (SSSR count). The highest BCUT2D eigenvalue weighted by Gasteiger charge is 2.09. The summed E-state index contributed by atoms with van der Waals surface area (Å²) in [5.41, 5.74) is 0.622. The Bertz CT molecular complexity index is 154. The average molecular weight is 157 g/mol. The second-order valence-corrected chi connectivity index (χ2v) is 2.52. The molecule has 0 bridgehead atoms. The lowest BCUT2D eigenvalue weighted by Crippen LogP contribution is -2.27. The number of carbonyl (C=O) groups excluding carboxylic acids is 1. The molecule has 3 nitrogen and oxygen atoms in total. The highest BCUT2D eigenvalue weighted by atomic mass is 16.3. The molecule has 3 heteroatoms. The van der Waals surface area contributed by atoms with E-state index in [1.165, 1.54) is 0 Å². The van der Waals surface area contributed by atoms with Crippen molar-refractivity contribution in [2.24, 2.45) is 0 Å². The van der Waals surface area contributed by atoms with Gasteiger partial charge in [0.2, 0.25) is 5.91 Å². The van der Waals surface area contributed by atoms with Crippen molar-refractivity contribution in [3.8, 4) is 0 Å². The van der Waals surface area contributed by atoms with Crippen molar-refractivity contribution in [2.75, 3.05) is 6.54 Å². The SMILES string of the molecule is C=C(C)C(O)CC(=O)NCC. The number of carbonyl (C=O) groups is 1. The van der Waals surface area contributed by atoms with Crippen LogP contribution in [-0.4, -0.2) is 23.7 Å². The first-order valence-electron chi connectivity index (χ1n) is 3.68. The van der Waals surface area contributed by atoms with Crippen LogP contribution < -0.4 is 5.32 Å². The monoisotopic (exact) mass is 157 g/mol. The van der Waals surface area contributed by atoms with Crippen molar-refractivity contribution < 1.29 is 9.90 Å². The Morgan fingerprint density at radius 3 is 2.64 bits per heavy atom. The van der Waals surface area contributed by atoms with E-state index in [1.54, 1.807) is 6.92 Å². The number of hydrogen-bond donors (Lipinski definition) is 2. The molecule has 0 aliphatic carbocycles. The van der Waals surface area contributed by atoms with E-state index in [4.69, 9.17) is 5.11 Å². The molecule has 0 aliphatic heterocycles. The molecule has 1 amide bonds. The second kappa shape index (κ2) is 4.91. The van der Waals surface area contributed by atoms with E-state index < -0.39 is 6.10 Å². The van der Waals surface area contributed by atoms with E-state index in [0.29, 0.717) is 12.1 Å². The molecule has 0 spiro atoms.